The third kappa shape index (κ3) is 3.64. The molecule has 1 fully saturated rings. The first-order valence-electron chi connectivity index (χ1n) is 6.18. The molecule has 1 heterocycles. The van der Waals surface area contributed by atoms with Crippen LogP contribution in [0.2, 0.25) is 0 Å². The average molecular weight is 227 g/mol. The fraction of sp³-hybridized carbons (Fsp3) is 0.400. The minimum absolute atomic E-state index is 0.174. The summed E-state index contributed by atoms with van der Waals surface area (Å²) in [5.41, 5.74) is 0.971. The molecule has 0 radical (unpaired) electrons. The Morgan fingerprint density at radius 3 is 2.53 bits per heavy atom. The van der Waals surface area contributed by atoms with Crippen LogP contribution in [-0.2, 0) is 4.79 Å². The van der Waals surface area contributed by atoms with Crippen molar-refractivity contribution in [1.29, 1.82) is 0 Å². The molecular weight excluding hydrogens is 210 g/mol. The van der Waals surface area contributed by atoms with Crippen molar-refractivity contribution in [3.05, 3.63) is 35.9 Å². The third-order valence-corrected chi connectivity index (χ3v) is 2.95. The molecule has 0 atom stereocenters. The van der Waals surface area contributed by atoms with E-state index < -0.39 is 0 Å². The first-order chi connectivity index (χ1) is 8.36. The lowest BCUT2D eigenvalue weighted by Crippen LogP contribution is -2.35. The van der Waals surface area contributed by atoms with Gasteiger partial charge < -0.3 is 4.90 Å². The highest BCUT2D eigenvalue weighted by molar-refractivity contribution is 5.78. The van der Waals surface area contributed by atoms with Gasteiger partial charge in [-0.2, -0.15) is 0 Å². The molecule has 0 N–H and O–H groups in total. The second-order valence-electron chi connectivity index (χ2n) is 4.29. The number of benzene rings is 1. The van der Waals surface area contributed by atoms with Crippen molar-refractivity contribution >= 4 is 5.91 Å². The number of nitrogens with zero attached hydrogens (tertiary/aromatic N) is 1. The Hall–Kier alpha value is -1.75. The van der Waals surface area contributed by atoms with E-state index in [0.29, 0.717) is 6.42 Å². The monoisotopic (exact) mass is 227 g/mol. The number of hydrogen-bond donors (Lipinski definition) is 0. The Morgan fingerprint density at radius 2 is 1.82 bits per heavy atom. The van der Waals surface area contributed by atoms with Crippen molar-refractivity contribution in [3.63, 3.8) is 0 Å². The third-order valence-electron chi connectivity index (χ3n) is 2.95. The molecule has 0 aromatic heterocycles. The van der Waals surface area contributed by atoms with E-state index in [0.717, 1.165) is 31.5 Å². The highest BCUT2D eigenvalue weighted by Crippen LogP contribution is 2.09. The lowest BCUT2D eigenvalue weighted by molar-refractivity contribution is -0.130. The number of carbonyl (C=O) groups excluding carboxylic acids is 1. The molecule has 0 aliphatic carbocycles. The summed E-state index contributed by atoms with van der Waals surface area (Å²) in [6.07, 6.45) is 3.87. The number of piperidine rings is 1. The number of rotatable bonds is 1. The number of amides is 1. The molecule has 0 spiro atoms. The Kier molecular flexibility index (Phi) is 4.21. The largest absolute Gasteiger partial charge is 0.342 e. The van der Waals surface area contributed by atoms with Gasteiger partial charge in [-0.25, -0.2) is 0 Å². The van der Waals surface area contributed by atoms with Gasteiger partial charge in [0.05, 0.1) is 6.42 Å². The van der Waals surface area contributed by atoms with Crippen LogP contribution in [0.5, 0.6) is 0 Å². The standard InChI is InChI=1S/C15H17NO/c17-15(16-12-5-2-6-13-16)11-7-10-14-8-3-1-4-9-14/h1,3-4,8-9H,2,5-6,11-13H2. The van der Waals surface area contributed by atoms with Gasteiger partial charge >= 0.3 is 0 Å². The maximum Gasteiger partial charge on any atom is 0.234 e. The SMILES string of the molecule is O=C(CC#Cc1ccccc1)N1CCCCC1. The van der Waals surface area contributed by atoms with Crippen LogP contribution in [0.3, 0.4) is 0 Å². The van der Waals surface area contributed by atoms with Gasteiger partial charge in [0.2, 0.25) is 5.91 Å². The zero-order valence-corrected chi connectivity index (χ0v) is 9.98. The summed E-state index contributed by atoms with van der Waals surface area (Å²) in [6.45, 7) is 1.82. The molecule has 1 aromatic rings. The molecule has 88 valence electrons. The summed E-state index contributed by atoms with van der Waals surface area (Å²) >= 11 is 0. The van der Waals surface area contributed by atoms with Crippen LogP contribution >= 0.6 is 0 Å². The van der Waals surface area contributed by atoms with Crippen LogP contribution in [0.15, 0.2) is 30.3 Å². The number of likely N-dealkylation sites (tertiary alicyclic amines) is 1. The Balaban J connectivity index is 1.85. The smallest absolute Gasteiger partial charge is 0.234 e. The van der Waals surface area contributed by atoms with Crippen LogP contribution in [-0.4, -0.2) is 23.9 Å². The van der Waals surface area contributed by atoms with E-state index in [1.54, 1.807) is 0 Å². The molecule has 1 saturated heterocycles. The summed E-state index contributed by atoms with van der Waals surface area (Å²) in [5, 5.41) is 0. The van der Waals surface area contributed by atoms with Gasteiger partial charge in [0.15, 0.2) is 0 Å². The number of carbonyl (C=O) groups is 1. The minimum Gasteiger partial charge on any atom is -0.342 e. The van der Waals surface area contributed by atoms with Gasteiger partial charge in [-0.05, 0) is 31.4 Å². The Bertz CT molecular complexity index is 421. The minimum atomic E-state index is 0.174. The molecule has 1 aromatic carbocycles. The van der Waals surface area contributed by atoms with E-state index >= 15 is 0 Å². The van der Waals surface area contributed by atoms with E-state index in [2.05, 4.69) is 11.8 Å². The van der Waals surface area contributed by atoms with Gasteiger partial charge in [0.25, 0.3) is 0 Å². The Labute approximate surface area is 103 Å². The van der Waals surface area contributed by atoms with Crippen molar-refractivity contribution in [2.75, 3.05) is 13.1 Å². The summed E-state index contributed by atoms with van der Waals surface area (Å²) in [5.74, 6) is 6.15. The van der Waals surface area contributed by atoms with Crippen molar-refractivity contribution in [1.82, 2.24) is 4.90 Å². The summed E-state index contributed by atoms with van der Waals surface area (Å²) in [7, 11) is 0. The van der Waals surface area contributed by atoms with E-state index in [9.17, 15) is 4.79 Å². The van der Waals surface area contributed by atoms with Crippen molar-refractivity contribution in [3.8, 4) is 11.8 Å². The Morgan fingerprint density at radius 1 is 1.12 bits per heavy atom. The molecular formula is C15H17NO. The van der Waals surface area contributed by atoms with Crippen molar-refractivity contribution in [2.45, 2.75) is 25.7 Å². The normalized spacial score (nSPS) is 14.9. The lowest BCUT2D eigenvalue weighted by Gasteiger charge is -2.25. The molecule has 0 bridgehead atoms. The predicted octanol–water partition coefficient (Wildman–Crippen LogP) is 2.44. The maximum absolute atomic E-state index is 11.8. The molecule has 0 saturated carbocycles. The topological polar surface area (TPSA) is 20.3 Å². The first kappa shape index (κ1) is 11.7. The highest BCUT2D eigenvalue weighted by atomic mass is 16.2. The van der Waals surface area contributed by atoms with E-state index in [1.165, 1.54) is 6.42 Å². The molecule has 1 aliphatic rings. The molecule has 2 heteroatoms. The zero-order valence-electron chi connectivity index (χ0n) is 9.98. The van der Waals surface area contributed by atoms with E-state index in [1.807, 2.05) is 35.2 Å². The zero-order chi connectivity index (χ0) is 11.9. The maximum atomic E-state index is 11.8. The van der Waals surface area contributed by atoms with E-state index in [4.69, 9.17) is 0 Å². The van der Waals surface area contributed by atoms with Gasteiger partial charge in [0, 0.05) is 18.7 Å². The van der Waals surface area contributed by atoms with Gasteiger partial charge in [-0.1, -0.05) is 30.0 Å². The van der Waals surface area contributed by atoms with Crippen LogP contribution in [0.4, 0.5) is 0 Å². The second-order valence-corrected chi connectivity index (χ2v) is 4.29. The van der Waals surface area contributed by atoms with Crippen molar-refractivity contribution in [2.24, 2.45) is 0 Å². The summed E-state index contributed by atoms with van der Waals surface area (Å²) < 4.78 is 0. The molecule has 0 unspecified atom stereocenters. The van der Waals surface area contributed by atoms with Crippen molar-refractivity contribution < 1.29 is 4.79 Å². The fourth-order valence-corrected chi connectivity index (χ4v) is 2.00. The lowest BCUT2D eigenvalue weighted by atomic mass is 10.1. The number of hydrogen-bond acceptors (Lipinski definition) is 1. The van der Waals surface area contributed by atoms with Gasteiger partial charge in [-0.3, -0.25) is 4.79 Å². The van der Waals surface area contributed by atoms with Gasteiger partial charge in [0.1, 0.15) is 0 Å². The van der Waals surface area contributed by atoms with Gasteiger partial charge in [-0.15, -0.1) is 0 Å². The quantitative estimate of drug-likeness (QED) is 0.675. The molecule has 2 rings (SSSR count). The van der Waals surface area contributed by atoms with Crippen LogP contribution < -0.4 is 0 Å². The second kappa shape index (κ2) is 6.10. The molecule has 2 nitrogen and oxygen atoms in total. The average Bonchev–Trinajstić information content (AvgIpc) is 2.41. The predicted molar refractivity (Wildman–Crippen MR) is 68.4 cm³/mol. The van der Waals surface area contributed by atoms with Crippen LogP contribution in [0, 0.1) is 11.8 Å². The fourth-order valence-electron chi connectivity index (χ4n) is 2.00. The molecule has 17 heavy (non-hydrogen) atoms. The highest BCUT2D eigenvalue weighted by Gasteiger charge is 2.14. The molecule has 1 amide bonds. The summed E-state index contributed by atoms with van der Waals surface area (Å²) in [6, 6.07) is 9.79. The van der Waals surface area contributed by atoms with Crippen LogP contribution in [0.1, 0.15) is 31.2 Å². The molecule has 1 aliphatic heterocycles. The summed E-state index contributed by atoms with van der Waals surface area (Å²) in [4.78, 5) is 13.7. The van der Waals surface area contributed by atoms with E-state index in [-0.39, 0.29) is 5.91 Å². The van der Waals surface area contributed by atoms with Crippen LogP contribution in [0.25, 0.3) is 0 Å². The first-order valence-corrected chi connectivity index (χ1v) is 6.18.